The normalized spacial score (nSPS) is 15.1. The van der Waals surface area contributed by atoms with Gasteiger partial charge in [0.15, 0.2) is 0 Å². The van der Waals surface area contributed by atoms with Crippen molar-refractivity contribution in [1.29, 1.82) is 0 Å². The van der Waals surface area contributed by atoms with E-state index >= 15 is 0 Å². The first-order valence-corrected chi connectivity index (χ1v) is 8.31. The van der Waals surface area contributed by atoms with Gasteiger partial charge in [-0.25, -0.2) is 4.79 Å². The van der Waals surface area contributed by atoms with Gasteiger partial charge in [-0.05, 0) is 26.0 Å². The molecule has 0 radical (unpaired) electrons. The fourth-order valence-corrected chi connectivity index (χ4v) is 2.46. The van der Waals surface area contributed by atoms with Gasteiger partial charge in [-0.15, -0.1) is 0 Å². The van der Waals surface area contributed by atoms with E-state index in [-0.39, 0.29) is 18.0 Å². The number of anilines is 1. The van der Waals surface area contributed by atoms with Crippen LogP contribution < -0.4 is 16.0 Å². The third-order valence-corrected chi connectivity index (χ3v) is 3.66. The van der Waals surface area contributed by atoms with Gasteiger partial charge in [0, 0.05) is 32.2 Å². The molecule has 0 aromatic heterocycles. The Balaban J connectivity index is 1.87. The Labute approximate surface area is 142 Å². The Hall–Kier alpha value is -2.12. The number of nitrogens with zero attached hydrogens (tertiary/aromatic N) is 1. The summed E-state index contributed by atoms with van der Waals surface area (Å²) in [4.78, 5) is 26.5. The molecule has 132 valence electrons. The number of hydrogen-bond donors (Lipinski definition) is 3. The van der Waals surface area contributed by atoms with Gasteiger partial charge >= 0.3 is 6.03 Å². The fourth-order valence-electron chi connectivity index (χ4n) is 2.46. The molecule has 0 aliphatic carbocycles. The third-order valence-electron chi connectivity index (χ3n) is 3.66. The SMILES string of the molecule is CC(C)NC(=O)Nc1ccccc1C(=O)NCCN1CCOCC1. The Bertz CT molecular complexity index is 557. The smallest absolute Gasteiger partial charge is 0.319 e. The number of hydrogen-bond acceptors (Lipinski definition) is 4. The highest BCUT2D eigenvalue weighted by Crippen LogP contribution is 2.14. The molecule has 1 aliphatic rings. The van der Waals surface area contributed by atoms with E-state index in [1.807, 2.05) is 13.8 Å². The maximum atomic E-state index is 12.4. The van der Waals surface area contributed by atoms with Crippen molar-refractivity contribution in [2.45, 2.75) is 19.9 Å². The molecule has 1 fully saturated rings. The highest BCUT2D eigenvalue weighted by atomic mass is 16.5. The summed E-state index contributed by atoms with van der Waals surface area (Å²) in [5.74, 6) is -0.191. The molecule has 1 aromatic rings. The molecule has 1 aliphatic heterocycles. The van der Waals surface area contributed by atoms with E-state index in [0.29, 0.717) is 17.8 Å². The summed E-state index contributed by atoms with van der Waals surface area (Å²) in [5.41, 5.74) is 0.956. The molecular formula is C17H26N4O3. The standard InChI is InChI=1S/C17H26N4O3/c1-13(2)19-17(23)20-15-6-4-3-5-14(15)16(22)18-7-8-21-9-11-24-12-10-21/h3-6,13H,7-12H2,1-2H3,(H,18,22)(H2,19,20,23). The summed E-state index contributed by atoms with van der Waals surface area (Å²) in [6, 6.07) is 6.70. The first-order chi connectivity index (χ1) is 11.6. The number of benzene rings is 1. The van der Waals surface area contributed by atoms with E-state index < -0.39 is 0 Å². The van der Waals surface area contributed by atoms with Crippen molar-refractivity contribution in [3.63, 3.8) is 0 Å². The molecule has 24 heavy (non-hydrogen) atoms. The quantitative estimate of drug-likeness (QED) is 0.732. The highest BCUT2D eigenvalue weighted by molar-refractivity contribution is 6.03. The highest BCUT2D eigenvalue weighted by Gasteiger charge is 2.14. The number of morpholine rings is 1. The third kappa shape index (κ3) is 5.82. The molecule has 0 spiro atoms. The molecule has 0 atom stereocenters. The lowest BCUT2D eigenvalue weighted by atomic mass is 10.1. The van der Waals surface area contributed by atoms with E-state index in [1.165, 1.54) is 0 Å². The first kappa shape index (κ1) is 18.2. The van der Waals surface area contributed by atoms with Gasteiger partial charge in [0.05, 0.1) is 24.5 Å². The van der Waals surface area contributed by atoms with Crippen LogP contribution in [-0.2, 0) is 4.74 Å². The lowest BCUT2D eigenvalue weighted by Crippen LogP contribution is -2.41. The summed E-state index contributed by atoms with van der Waals surface area (Å²) in [6.45, 7) is 8.38. The lowest BCUT2D eigenvalue weighted by Gasteiger charge is -2.26. The minimum atomic E-state index is -0.321. The maximum Gasteiger partial charge on any atom is 0.319 e. The summed E-state index contributed by atoms with van der Waals surface area (Å²) in [7, 11) is 0. The second-order valence-corrected chi connectivity index (χ2v) is 6.01. The number of urea groups is 1. The van der Waals surface area contributed by atoms with Gasteiger partial charge in [0.25, 0.3) is 5.91 Å². The van der Waals surface area contributed by atoms with Crippen LogP contribution in [0.15, 0.2) is 24.3 Å². The van der Waals surface area contributed by atoms with Crippen LogP contribution in [0.2, 0.25) is 0 Å². The predicted molar refractivity (Wildman–Crippen MR) is 93.3 cm³/mol. The Kier molecular flexibility index (Phi) is 7.02. The number of nitrogens with one attached hydrogen (secondary N) is 3. The molecule has 0 saturated carbocycles. The van der Waals surface area contributed by atoms with Gasteiger partial charge in [-0.1, -0.05) is 12.1 Å². The number of ether oxygens (including phenoxy) is 1. The Morgan fingerprint density at radius 3 is 2.62 bits per heavy atom. The second-order valence-electron chi connectivity index (χ2n) is 6.01. The Morgan fingerprint density at radius 2 is 1.92 bits per heavy atom. The average Bonchev–Trinajstić information content (AvgIpc) is 2.55. The Morgan fingerprint density at radius 1 is 1.21 bits per heavy atom. The van der Waals surface area contributed by atoms with Gasteiger partial charge in [0.2, 0.25) is 0 Å². The molecular weight excluding hydrogens is 308 g/mol. The zero-order valence-electron chi connectivity index (χ0n) is 14.3. The fraction of sp³-hybridized carbons (Fsp3) is 0.529. The number of amides is 3. The van der Waals surface area contributed by atoms with E-state index in [2.05, 4.69) is 20.9 Å². The summed E-state index contributed by atoms with van der Waals surface area (Å²) in [5, 5.41) is 8.38. The van der Waals surface area contributed by atoms with Crippen LogP contribution in [0.1, 0.15) is 24.2 Å². The zero-order chi connectivity index (χ0) is 17.4. The zero-order valence-corrected chi connectivity index (χ0v) is 14.3. The van der Waals surface area contributed by atoms with E-state index in [4.69, 9.17) is 4.74 Å². The molecule has 0 unspecified atom stereocenters. The van der Waals surface area contributed by atoms with Crippen LogP contribution in [0.3, 0.4) is 0 Å². The number of para-hydroxylation sites is 1. The van der Waals surface area contributed by atoms with Crippen LogP contribution in [0.25, 0.3) is 0 Å². The molecule has 1 saturated heterocycles. The van der Waals surface area contributed by atoms with E-state index in [0.717, 1.165) is 32.8 Å². The molecule has 7 nitrogen and oxygen atoms in total. The molecule has 3 amide bonds. The topological polar surface area (TPSA) is 82.7 Å². The van der Waals surface area contributed by atoms with Gasteiger partial charge in [0.1, 0.15) is 0 Å². The molecule has 0 bridgehead atoms. The molecule has 1 aromatic carbocycles. The van der Waals surface area contributed by atoms with Crippen molar-refractivity contribution in [3.05, 3.63) is 29.8 Å². The molecule has 2 rings (SSSR count). The monoisotopic (exact) mass is 334 g/mol. The van der Waals surface area contributed by atoms with Crippen LogP contribution in [0.5, 0.6) is 0 Å². The number of carbonyl (C=O) groups is 2. The first-order valence-electron chi connectivity index (χ1n) is 8.31. The minimum Gasteiger partial charge on any atom is -0.379 e. The number of carbonyl (C=O) groups excluding carboxylic acids is 2. The van der Waals surface area contributed by atoms with Crippen molar-refractivity contribution in [1.82, 2.24) is 15.5 Å². The van der Waals surface area contributed by atoms with Gasteiger partial charge < -0.3 is 20.7 Å². The molecule has 7 heteroatoms. The minimum absolute atomic E-state index is 0.0273. The average molecular weight is 334 g/mol. The summed E-state index contributed by atoms with van der Waals surface area (Å²) >= 11 is 0. The van der Waals surface area contributed by atoms with Crippen LogP contribution in [0, 0.1) is 0 Å². The van der Waals surface area contributed by atoms with Gasteiger partial charge in [-0.3, -0.25) is 9.69 Å². The van der Waals surface area contributed by atoms with Crippen molar-refractivity contribution in [2.24, 2.45) is 0 Å². The van der Waals surface area contributed by atoms with Crippen molar-refractivity contribution >= 4 is 17.6 Å². The van der Waals surface area contributed by atoms with Crippen molar-refractivity contribution in [3.8, 4) is 0 Å². The number of rotatable bonds is 6. The largest absolute Gasteiger partial charge is 0.379 e. The summed E-state index contributed by atoms with van der Waals surface area (Å²) < 4.78 is 5.30. The van der Waals surface area contributed by atoms with Crippen molar-refractivity contribution < 1.29 is 14.3 Å². The lowest BCUT2D eigenvalue weighted by molar-refractivity contribution is 0.0383. The second kappa shape index (κ2) is 9.24. The summed E-state index contributed by atoms with van der Waals surface area (Å²) in [6.07, 6.45) is 0. The predicted octanol–water partition coefficient (Wildman–Crippen LogP) is 1.28. The van der Waals surface area contributed by atoms with Crippen LogP contribution >= 0.6 is 0 Å². The van der Waals surface area contributed by atoms with E-state index in [1.54, 1.807) is 24.3 Å². The van der Waals surface area contributed by atoms with Gasteiger partial charge in [-0.2, -0.15) is 0 Å². The van der Waals surface area contributed by atoms with E-state index in [9.17, 15) is 9.59 Å². The van der Waals surface area contributed by atoms with Crippen LogP contribution in [-0.4, -0.2) is 62.3 Å². The van der Waals surface area contributed by atoms with Crippen LogP contribution in [0.4, 0.5) is 10.5 Å². The molecule has 1 heterocycles. The van der Waals surface area contributed by atoms with Crippen molar-refractivity contribution in [2.75, 3.05) is 44.7 Å². The molecule has 3 N–H and O–H groups in total. The maximum absolute atomic E-state index is 12.4.